The predicted octanol–water partition coefficient (Wildman–Crippen LogP) is 3.01. The number of carbonyl (C=O) groups is 1. The molecule has 0 heterocycles. The highest BCUT2D eigenvalue weighted by molar-refractivity contribution is 5.95. The molecule has 0 saturated carbocycles. The largest absolute Gasteiger partial charge is 0.295 e. The number of allylic oxidation sites excluding steroid dienone is 2. The molecule has 1 aromatic carbocycles. The van der Waals surface area contributed by atoms with Gasteiger partial charge in [0.25, 0.3) is 0 Å². The Morgan fingerprint density at radius 1 is 1.38 bits per heavy atom. The fourth-order valence-corrected chi connectivity index (χ4v) is 1.29. The molecule has 1 rings (SSSR count). The monoisotopic (exact) mass is 174 g/mol. The maximum absolute atomic E-state index is 11.2. The Labute approximate surface area is 79.1 Å². The van der Waals surface area contributed by atoms with Gasteiger partial charge in [-0.3, -0.25) is 4.79 Å². The Balaban J connectivity index is 2.97. The second-order valence-corrected chi connectivity index (χ2v) is 2.99. The van der Waals surface area contributed by atoms with Crippen molar-refractivity contribution in [3.8, 4) is 0 Å². The van der Waals surface area contributed by atoms with Crippen LogP contribution in [0.5, 0.6) is 0 Å². The smallest absolute Gasteiger partial charge is 0.160 e. The number of carbonyl (C=O) groups excluding carboxylic acids is 1. The van der Waals surface area contributed by atoms with Crippen LogP contribution in [0.15, 0.2) is 36.4 Å². The van der Waals surface area contributed by atoms with E-state index in [1.54, 1.807) is 6.92 Å². The first-order chi connectivity index (χ1) is 6.25. The predicted molar refractivity (Wildman–Crippen MR) is 55.0 cm³/mol. The van der Waals surface area contributed by atoms with Crippen molar-refractivity contribution in [2.45, 2.75) is 20.3 Å². The number of Topliss-reactive ketones (excluding diaryl/α,β-unsaturated/α-hetero) is 1. The topological polar surface area (TPSA) is 17.1 Å². The molecule has 0 aromatic heterocycles. The zero-order chi connectivity index (χ0) is 9.68. The molecule has 1 nitrogen and oxygen atoms in total. The average Bonchev–Trinajstić information content (AvgIpc) is 2.15. The summed E-state index contributed by atoms with van der Waals surface area (Å²) in [5, 5.41) is 0. The average molecular weight is 174 g/mol. The summed E-state index contributed by atoms with van der Waals surface area (Å²) in [6, 6.07) is 7.74. The van der Waals surface area contributed by atoms with Crippen LogP contribution in [-0.2, 0) is 6.42 Å². The van der Waals surface area contributed by atoms with E-state index in [4.69, 9.17) is 0 Å². The molecule has 0 N–H and O–H groups in total. The minimum absolute atomic E-state index is 0.139. The van der Waals surface area contributed by atoms with Gasteiger partial charge in [-0.2, -0.15) is 0 Å². The molecule has 0 aliphatic carbocycles. The minimum atomic E-state index is 0.139. The van der Waals surface area contributed by atoms with Gasteiger partial charge in [-0.15, -0.1) is 0 Å². The van der Waals surface area contributed by atoms with Crippen molar-refractivity contribution in [3.63, 3.8) is 0 Å². The highest BCUT2D eigenvalue weighted by Crippen LogP contribution is 2.10. The minimum Gasteiger partial charge on any atom is -0.295 e. The van der Waals surface area contributed by atoms with Crippen molar-refractivity contribution < 1.29 is 4.79 Å². The van der Waals surface area contributed by atoms with Crippen LogP contribution in [0.4, 0.5) is 0 Å². The van der Waals surface area contributed by atoms with E-state index < -0.39 is 0 Å². The molecule has 0 radical (unpaired) electrons. The van der Waals surface area contributed by atoms with Gasteiger partial charge in [0.05, 0.1) is 0 Å². The third-order valence-corrected chi connectivity index (χ3v) is 1.97. The van der Waals surface area contributed by atoms with Crippen molar-refractivity contribution in [3.05, 3.63) is 47.5 Å². The molecule has 0 bridgehead atoms. The molecule has 0 aliphatic rings. The molecule has 0 atom stereocenters. The first kappa shape index (κ1) is 9.72. The van der Waals surface area contributed by atoms with Gasteiger partial charge < -0.3 is 0 Å². The number of hydrogen-bond donors (Lipinski definition) is 0. The molecule has 68 valence electrons. The molecule has 0 aliphatic heterocycles. The first-order valence-corrected chi connectivity index (χ1v) is 4.45. The van der Waals surface area contributed by atoms with Crippen LogP contribution in [0.1, 0.15) is 29.8 Å². The fourth-order valence-electron chi connectivity index (χ4n) is 1.29. The van der Waals surface area contributed by atoms with Gasteiger partial charge in [0.15, 0.2) is 5.78 Å². The molecule has 0 fully saturated rings. The lowest BCUT2D eigenvalue weighted by Gasteiger charge is -2.02. The van der Waals surface area contributed by atoms with Crippen molar-refractivity contribution in [1.29, 1.82) is 0 Å². The van der Waals surface area contributed by atoms with E-state index in [2.05, 4.69) is 6.08 Å². The third-order valence-electron chi connectivity index (χ3n) is 1.97. The van der Waals surface area contributed by atoms with Gasteiger partial charge in [-0.1, -0.05) is 36.4 Å². The maximum atomic E-state index is 11.2. The molecule has 13 heavy (non-hydrogen) atoms. The van der Waals surface area contributed by atoms with Gasteiger partial charge in [-0.05, 0) is 25.8 Å². The van der Waals surface area contributed by atoms with E-state index in [1.165, 1.54) is 0 Å². The molecule has 0 amide bonds. The normalized spacial score (nSPS) is 10.6. The van der Waals surface area contributed by atoms with Crippen molar-refractivity contribution >= 4 is 5.78 Å². The Kier molecular flexibility index (Phi) is 3.44. The summed E-state index contributed by atoms with van der Waals surface area (Å²) in [4.78, 5) is 11.2. The molecule has 1 aromatic rings. The van der Waals surface area contributed by atoms with E-state index in [9.17, 15) is 4.79 Å². The lowest BCUT2D eigenvalue weighted by atomic mass is 10.0. The highest BCUT2D eigenvalue weighted by Gasteiger charge is 2.03. The lowest BCUT2D eigenvalue weighted by Crippen LogP contribution is -1.97. The lowest BCUT2D eigenvalue weighted by molar-refractivity contribution is 0.101. The third kappa shape index (κ3) is 2.55. The molecule has 1 heteroatoms. The van der Waals surface area contributed by atoms with E-state index >= 15 is 0 Å². The van der Waals surface area contributed by atoms with Gasteiger partial charge >= 0.3 is 0 Å². The summed E-state index contributed by atoms with van der Waals surface area (Å²) in [5.41, 5.74) is 1.94. The van der Waals surface area contributed by atoms with Gasteiger partial charge in [0.2, 0.25) is 0 Å². The van der Waals surface area contributed by atoms with E-state index in [0.717, 1.165) is 17.5 Å². The number of rotatable bonds is 3. The van der Waals surface area contributed by atoms with Crippen molar-refractivity contribution in [2.24, 2.45) is 0 Å². The van der Waals surface area contributed by atoms with E-state index in [0.29, 0.717) is 0 Å². The highest BCUT2D eigenvalue weighted by atomic mass is 16.1. The van der Waals surface area contributed by atoms with Gasteiger partial charge in [0.1, 0.15) is 0 Å². The quantitative estimate of drug-likeness (QED) is 0.508. The van der Waals surface area contributed by atoms with Crippen LogP contribution in [0.3, 0.4) is 0 Å². The van der Waals surface area contributed by atoms with Gasteiger partial charge in [-0.25, -0.2) is 0 Å². The second-order valence-electron chi connectivity index (χ2n) is 2.99. The first-order valence-electron chi connectivity index (χ1n) is 4.45. The van der Waals surface area contributed by atoms with Crippen LogP contribution in [-0.4, -0.2) is 5.78 Å². The molecule has 0 spiro atoms. The van der Waals surface area contributed by atoms with Crippen LogP contribution >= 0.6 is 0 Å². The van der Waals surface area contributed by atoms with E-state index in [-0.39, 0.29) is 5.78 Å². The zero-order valence-electron chi connectivity index (χ0n) is 8.08. The fraction of sp³-hybridized carbons (Fsp3) is 0.250. The van der Waals surface area contributed by atoms with Crippen LogP contribution in [0.2, 0.25) is 0 Å². The van der Waals surface area contributed by atoms with Crippen LogP contribution in [0.25, 0.3) is 0 Å². The Hall–Kier alpha value is -1.37. The molecular weight excluding hydrogens is 160 g/mol. The van der Waals surface area contributed by atoms with Gasteiger partial charge in [0, 0.05) is 5.56 Å². The summed E-state index contributed by atoms with van der Waals surface area (Å²) in [5.74, 6) is 0.139. The molecule has 0 saturated heterocycles. The molecular formula is C12H14O. The zero-order valence-corrected chi connectivity index (χ0v) is 8.08. The summed E-state index contributed by atoms with van der Waals surface area (Å²) in [6.45, 7) is 3.59. The number of ketones is 1. The number of benzene rings is 1. The van der Waals surface area contributed by atoms with Crippen LogP contribution < -0.4 is 0 Å². The van der Waals surface area contributed by atoms with Crippen molar-refractivity contribution in [1.82, 2.24) is 0 Å². The Morgan fingerprint density at radius 2 is 2.08 bits per heavy atom. The number of hydrogen-bond acceptors (Lipinski definition) is 1. The Bertz CT molecular complexity index is 324. The summed E-state index contributed by atoms with van der Waals surface area (Å²) in [7, 11) is 0. The summed E-state index contributed by atoms with van der Waals surface area (Å²) in [6.07, 6.45) is 4.89. The maximum Gasteiger partial charge on any atom is 0.160 e. The molecule has 0 unspecified atom stereocenters. The summed E-state index contributed by atoms with van der Waals surface area (Å²) >= 11 is 0. The Morgan fingerprint density at radius 3 is 2.69 bits per heavy atom. The standard InChI is InChI=1S/C12H14O/c1-3-4-7-11-8-5-6-9-12(11)10(2)13/h3-6,8-9H,7H2,1-2H3/b4-3+. The summed E-state index contributed by atoms with van der Waals surface area (Å²) < 4.78 is 0. The second kappa shape index (κ2) is 4.61. The SMILES string of the molecule is C/C=C/Cc1ccccc1C(C)=O. The van der Waals surface area contributed by atoms with E-state index in [1.807, 2.05) is 37.3 Å². The van der Waals surface area contributed by atoms with Crippen LogP contribution in [0, 0.1) is 0 Å². The van der Waals surface area contributed by atoms with Crippen molar-refractivity contribution in [2.75, 3.05) is 0 Å².